The second-order valence-electron chi connectivity index (χ2n) is 5.54. The fourth-order valence-electron chi connectivity index (χ4n) is 2.68. The van der Waals surface area contributed by atoms with Crippen molar-refractivity contribution in [3.63, 3.8) is 0 Å². The van der Waals surface area contributed by atoms with Gasteiger partial charge < -0.3 is 5.32 Å². The number of nitrogens with one attached hydrogen (secondary N) is 1. The average Bonchev–Trinajstić information content (AvgIpc) is 2.38. The van der Waals surface area contributed by atoms with Crippen LogP contribution >= 0.6 is 11.8 Å². The van der Waals surface area contributed by atoms with Crippen molar-refractivity contribution in [3.8, 4) is 0 Å². The van der Waals surface area contributed by atoms with E-state index in [1.54, 1.807) is 0 Å². The Hall–Kier alpha value is -0.470. The molecule has 0 heterocycles. The summed E-state index contributed by atoms with van der Waals surface area (Å²) in [6.07, 6.45) is 6.85. The minimum Gasteiger partial charge on any atom is -0.310 e. The number of hydrogen-bond acceptors (Lipinski definition) is 2. The van der Waals surface area contributed by atoms with Crippen LogP contribution in [0.5, 0.6) is 0 Å². The lowest BCUT2D eigenvalue weighted by Crippen LogP contribution is -2.26. The lowest BCUT2D eigenvalue weighted by atomic mass is 9.79. The van der Waals surface area contributed by atoms with E-state index in [0.29, 0.717) is 6.04 Å². The molecule has 1 saturated carbocycles. The lowest BCUT2D eigenvalue weighted by molar-refractivity contribution is 0.261. The average molecular weight is 277 g/mol. The molecule has 19 heavy (non-hydrogen) atoms. The zero-order valence-corrected chi connectivity index (χ0v) is 13.1. The Morgan fingerprint density at radius 1 is 1.21 bits per heavy atom. The van der Waals surface area contributed by atoms with Crippen LogP contribution in [-0.4, -0.2) is 12.3 Å². The van der Waals surface area contributed by atoms with Crippen LogP contribution in [-0.2, 0) is 0 Å². The van der Waals surface area contributed by atoms with Crippen molar-refractivity contribution in [1.82, 2.24) is 5.32 Å². The Morgan fingerprint density at radius 2 is 1.95 bits per heavy atom. The summed E-state index contributed by atoms with van der Waals surface area (Å²) in [5, 5.41) is 3.73. The van der Waals surface area contributed by atoms with E-state index in [1.807, 2.05) is 11.8 Å². The third-order valence-electron chi connectivity index (χ3n) is 4.03. The minimum absolute atomic E-state index is 0.561. The first-order valence-corrected chi connectivity index (χ1v) is 8.78. The number of benzene rings is 1. The molecule has 106 valence electrons. The summed E-state index contributed by atoms with van der Waals surface area (Å²) in [6.45, 7) is 5.58. The van der Waals surface area contributed by atoms with Crippen molar-refractivity contribution in [2.45, 2.75) is 56.9 Å². The van der Waals surface area contributed by atoms with Gasteiger partial charge in [-0.05, 0) is 48.8 Å². The number of thioether (sulfide) groups is 1. The van der Waals surface area contributed by atoms with Gasteiger partial charge in [0.15, 0.2) is 0 Å². The van der Waals surface area contributed by atoms with Gasteiger partial charge in [-0.3, -0.25) is 0 Å². The van der Waals surface area contributed by atoms with Gasteiger partial charge >= 0.3 is 0 Å². The van der Waals surface area contributed by atoms with E-state index in [2.05, 4.69) is 43.4 Å². The monoisotopic (exact) mass is 277 g/mol. The first-order valence-electron chi connectivity index (χ1n) is 7.79. The molecule has 1 atom stereocenters. The van der Waals surface area contributed by atoms with Gasteiger partial charge in [0.2, 0.25) is 0 Å². The molecule has 1 fully saturated rings. The molecule has 0 radical (unpaired) electrons. The van der Waals surface area contributed by atoms with Crippen LogP contribution < -0.4 is 5.32 Å². The molecule has 0 amide bonds. The highest BCUT2D eigenvalue weighted by Gasteiger charge is 2.22. The zero-order chi connectivity index (χ0) is 13.5. The van der Waals surface area contributed by atoms with Crippen LogP contribution in [0.1, 0.15) is 57.6 Å². The van der Waals surface area contributed by atoms with Crippen molar-refractivity contribution >= 4 is 11.8 Å². The van der Waals surface area contributed by atoms with E-state index < -0.39 is 0 Å². The second-order valence-corrected chi connectivity index (χ2v) is 6.88. The maximum absolute atomic E-state index is 3.73. The Kier molecular flexibility index (Phi) is 6.25. The largest absolute Gasteiger partial charge is 0.310 e. The molecule has 1 aromatic carbocycles. The second kappa shape index (κ2) is 7.96. The molecular formula is C17H27NS. The van der Waals surface area contributed by atoms with Crippen molar-refractivity contribution < 1.29 is 0 Å². The zero-order valence-electron chi connectivity index (χ0n) is 12.3. The molecule has 0 spiro atoms. The first-order chi connectivity index (χ1) is 9.33. The Labute approximate surface area is 122 Å². The molecular weight excluding hydrogens is 250 g/mol. The highest BCUT2D eigenvalue weighted by molar-refractivity contribution is 7.99. The standard InChI is InChI=1S/C17H27NS/c1-3-12-18-17(13-14-6-5-7-14)15-8-10-16(11-9-15)19-4-2/h8-11,14,17-18H,3-7,12-13H2,1-2H3. The van der Waals surface area contributed by atoms with E-state index in [0.717, 1.165) is 18.2 Å². The van der Waals surface area contributed by atoms with Crippen molar-refractivity contribution in [1.29, 1.82) is 0 Å². The van der Waals surface area contributed by atoms with E-state index in [4.69, 9.17) is 0 Å². The Morgan fingerprint density at radius 3 is 2.47 bits per heavy atom. The van der Waals surface area contributed by atoms with Crippen LogP contribution in [0.2, 0.25) is 0 Å². The fourth-order valence-corrected chi connectivity index (χ4v) is 3.34. The summed E-state index contributed by atoms with van der Waals surface area (Å²) >= 11 is 1.92. The van der Waals surface area contributed by atoms with Gasteiger partial charge in [0, 0.05) is 10.9 Å². The predicted octanol–water partition coefficient (Wildman–Crippen LogP) is 5.03. The normalized spacial score (nSPS) is 17.2. The van der Waals surface area contributed by atoms with Crippen molar-refractivity contribution in [2.75, 3.05) is 12.3 Å². The summed E-state index contributed by atoms with van der Waals surface area (Å²) in [5.41, 5.74) is 1.47. The van der Waals surface area contributed by atoms with Crippen LogP contribution in [0.4, 0.5) is 0 Å². The molecule has 1 aliphatic rings. The van der Waals surface area contributed by atoms with Gasteiger partial charge in [0.05, 0.1) is 0 Å². The predicted molar refractivity (Wildman–Crippen MR) is 85.8 cm³/mol. The highest BCUT2D eigenvalue weighted by Crippen LogP contribution is 2.35. The molecule has 0 saturated heterocycles. The van der Waals surface area contributed by atoms with Crippen molar-refractivity contribution in [3.05, 3.63) is 29.8 Å². The van der Waals surface area contributed by atoms with Crippen LogP contribution in [0.3, 0.4) is 0 Å². The van der Waals surface area contributed by atoms with Crippen LogP contribution in [0.15, 0.2) is 29.2 Å². The summed E-state index contributed by atoms with van der Waals surface area (Å²) in [6, 6.07) is 9.77. The lowest BCUT2D eigenvalue weighted by Gasteiger charge is -2.30. The van der Waals surface area contributed by atoms with E-state index >= 15 is 0 Å². The quantitative estimate of drug-likeness (QED) is 0.669. The molecule has 0 bridgehead atoms. The topological polar surface area (TPSA) is 12.0 Å². The molecule has 1 unspecified atom stereocenters. The minimum atomic E-state index is 0.561. The highest BCUT2D eigenvalue weighted by atomic mass is 32.2. The molecule has 1 aromatic rings. The fraction of sp³-hybridized carbons (Fsp3) is 0.647. The molecule has 0 aromatic heterocycles. The summed E-state index contributed by atoms with van der Waals surface area (Å²) < 4.78 is 0. The van der Waals surface area contributed by atoms with Gasteiger partial charge in [0.25, 0.3) is 0 Å². The summed E-state index contributed by atoms with van der Waals surface area (Å²) in [5.74, 6) is 2.11. The van der Waals surface area contributed by atoms with E-state index in [1.165, 1.54) is 42.6 Å². The van der Waals surface area contributed by atoms with E-state index in [-0.39, 0.29) is 0 Å². The SMILES string of the molecule is CCCNC(CC1CCC1)c1ccc(SCC)cc1. The van der Waals surface area contributed by atoms with E-state index in [9.17, 15) is 0 Å². The van der Waals surface area contributed by atoms with Gasteiger partial charge in [-0.2, -0.15) is 0 Å². The molecule has 0 aliphatic heterocycles. The Bertz CT molecular complexity index is 356. The maximum Gasteiger partial charge on any atom is 0.0322 e. The third-order valence-corrected chi connectivity index (χ3v) is 4.92. The third kappa shape index (κ3) is 4.54. The first kappa shape index (κ1) is 14.9. The molecule has 1 nitrogen and oxygen atoms in total. The number of rotatable bonds is 8. The summed E-state index contributed by atoms with van der Waals surface area (Å²) in [7, 11) is 0. The number of hydrogen-bond donors (Lipinski definition) is 1. The van der Waals surface area contributed by atoms with Gasteiger partial charge in [-0.15, -0.1) is 11.8 Å². The van der Waals surface area contributed by atoms with Gasteiger partial charge in [-0.1, -0.05) is 45.2 Å². The molecule has 2 heteroatoms. The smallest absolute Gasteiger partial charge is 0.0322 e. The van der Waals surface area contributed by atoms with Crippen LogP contribution in [0.25, 0.3) is 0 Å². The van der Waals surface area contributed by atoms with Gasteiger partial charge in [-0.25, -0.2) is 0 Å². The Balaban J connectivity index is 1.98. The molecule has 1 N–H and O–H groups in total. The van der Waals surface area contributed by atoms with Crippen molar-refractivity contribution in [2.24, 2.45) is 5.92 Å². The maximum atomic E-state index is 3.73. The van der Waals surface area contributed by atoms with Gasteiger partial charge in [0.1, 0.15) is 0 Å². The van der Waals surface area contributed by atoms with Crippen LogP contribution in [0, 0.1) is 5.92 Å². The molecule has 2 rings (SSSR count). The molecule has 1 aliphatic carbocycles. The summed E-state index contributed by atoms with van der Waals surface area (Å²) in [4.78, 5) is 1.39.